The van der Waals surface area contributed by atoms with Crippen molar-refractivity contribution in [2.75, 3.05) is 5.32 Å². The number of nitrogens with zero attached hydrogens (tertiary/aromatic N) is 2. The second kappa shape index (κ2) is 7.43. The lowest BCUT2D eigenvalue weighted by Gasteiger charge is -2.10. The Labute approximate surface area is 175 Å². The van der Waals surface area contributed by atoms with E-state index in [-0.39, 0.29) is 16.6 Å². The number of aryl methyl sites for hydroxylation is 1. The van der Waals surface area contributed by atoms with Crippen LogP contribution in [0.2, 0.25) is 15.2 Å². The fourth-order valence-corrected chi connectivity index (χ4v) is 3.44. The average Bonchev–Trinajstić information content (AvgIpc) is 3.08. The van der Waals surface area contributed by atoms with Crippen LogP contribution in [0.3, 0.4) is 0 Å². The number of carbonyl (C=O) groups is 1. The first-order valence-electron chi connectivity index (χ1n) is 8.21. The number of halogens is 3. The summed E-state index contributed by atoms with van der Waals surface area (Å²) < 4.78 is 5.80. The number of oxazole rings is 1. The van der Waals surface area contributed by atoms with Crippen molar-refractivity contribution in [1.29, 1.82) is 0 Å². The molecule has 0 atom stereocenters. The zero-order valence-corrected chi connectivity index (χ0v) is 16.7. The van der Waals surface area contributed by atoms with Crippen LogP contribution in [0.1, 0.15) is 15.9 Å². The molecule has 2 heterocycles. The molecule has 4 aromatic rings. The van der Waals surface area contributed by atoms with E-state index >= 15 is 0 Å². The van der Waals surface area contributed by atoms with Gasteiger partial charge in [0.05, 0.1) is 10.6 Å². The SMILES string of the molecule is Cc1ccc(-c2nc3cc(Cl)cc(Cl)c3o2)cc1NC(=O)c1cccnc1Cl. The maximum absolute atomic E-state index is 12.6. The topological polar surface area (TPSA) is 68.0 Å². The lowest BCUT2D eigenvalue weighted by Crippen LogP contribution is -2.13. The van der Waals surface area contributed by atoms with E-state index in [0.29, 0.717) is 38.3 Å². The van der Waals surface area contributed by atoms with Gasteiger partial charge in [0.25, 0.3) is 5.91 Å². The van der Waals surface area contributed by atoms with Crippen LogP contribution in [0.5, 0.6) is 0 Å². The molecule has 2 aromatic heterocycles. The summed E-state index contributed by atoms with van der Waals surface area (Å²) in [5, 5.41) is 3.85. The number of fused-ring (bicyclic) bond motifs is 1. The summed E-state index contributed by atoms with van der Waals surface area (Å²) in [4.78, 5) is 20.9. The van der Waals surface area contributed by atoms with Crippen LogP contribution in [0.4, 0.5) is 5.69 Å². The third-order valence-electron chi connectivity index (χ3n) is 4.15. The average molecular weight is 433 g/mol. The molecular formula is C20H12Cl3N3O2. The molecule has 0 aliphatic carbocycles. The molecule has 0 aliphatic rings. The quantitative estimate of drug-likeness (QED) is 0.380. The molecule has 2 aromatic carbocycles. The summed E-state index contributed by atoms with van der Waals surface area (Å²) in [5.74, 6) is 0.0137. The van der Waals surface area contributed by atoms with Crippen molar-refractivity contribution < 1.29 is 9.21 Å². The summed E-state index contributed by atoms with van der Waals surface area (Å²) in [6.07, 6.45) is 1.52. The van der Waals surface area contributed by atoms with E-state index in [2.05, 4.69) is 15.3 Å². The zero-order valence-electron chi connectivity index (χ0n) is 14.5. The first kappa shape index (κ1) is 18.7. The largest absolute Gasteiger partial charge is 0.435 e. The van der Waals surface area contributed by atoms with Crippen molar-refractivity contribution in [2.45, 2.75) is 6.92 Å². The first-order valence-corrected chi connectivity index (χ1v) is 9.34. The van der Waals surface area contributed by atoms with E-state index in [9.17, 15) is 4.79 Å². The van der Waals surface area contributed by atoms with E-state index in [1.54, 1.807) is 30.3 Å². The molecule has 0 saturated heterocycles. The van der Waals surface area contributed by atoms with Crippen molar-refractivity contribution in [3.8, 4) is 11.5 Å². The Morgan fingerprint density at radius 1 is 1.11 bits per heavy atom. The molecule has 0 radical (unpaired) electrons. The minimum atomic E-state index is -0.356. The highest BCUT2D eigenvalue weighted by atomic mass is 35.5. The standard InChI is InChI=1S/C20H12Cl3N3O2/c1-10-4-5-11(20-26-16-9-12(21)8-14(22)17(16)28-20)7-15(10)25-19(27)13-3-2-6-24-18(13)23/h2-9H,1H3,(H,25,27). The van der Waals surface area contributed by atoms with Gasteiger partial charge in [0.1, 0.15) is 10.7 Å². The number of anilines is 1. The number of pyridine rings is 1. The van der Waals surface area contributed by atoms with Crippen LogP contribution in [0, 0.1) is 6.92 Å². The Morgan fingerprint density at radius 2 is 1.93 bits per heavy atom. The normalized spacial score (nSPS) is 11.0. The predicted octanol–water partition coefficient (Wildman–Crippen LogP) is 6.41. The number of hydrogen-bond donors (Lipinski definition) is 1. The van der Waals surface area contributed by atoms with Gasteiger partial charge in [0.2, 0.25) is 5.89 Å². The number of rotatable bonds is 3. The van der Waals surface area contributed by atoms with Crippen molar-refractivity contribution in [1.82, 2.24) is 9.97 Å². The highest BCUT2D eigenvalue weighted by Gasteiger charge is 2.16. The fourth-order valence-electron chi connectivity index (χ4n) is 2.72. The molecule has 0 aliphatic heterocycles. The molecule has 28 heavy (non-hydrogen) atoms. The highest BCUT2D eigenvalue weighted by molar-refractivity contribution is 6.38. The predicted molar refractivity (Wildman–Crippen MR) is 111 cm³/mol. The molecule has 8 heteroatoms. The number of amides is 1. The zero-order chi connectivity index (χ0) is 19.8. The summed E-state index contributed by atoms with van der Waals surface area (Å²) in [5.41, 5.74) is 3.46. The molecule has 0 fully saturated rings. The van der Waals surface area contributed by atoms with Crippen LogP contribution in [0.25, 0.3) is 22.6 Å². The van der Waals surface area contributed by atoms with E-state index in [0.717, 1.165) is 5.56 Å². The lowest BCUT2D eigenvalue weighted by atomic mass is 10.1. The van der Waals surface area contributed by atoms with Gasteiger partial charge in [-0.05, 0) is 48.9 Å². The molecule has 1 amide bonds. The number of benzene rings is 2. The van der Waals surface area contributed by atoms with Gasteiger partial charge < -0.3 is 9.73 Å². The fraction of sp³-hybridized carbons (Fsp3) is 0.0500. The van der Waals surface area contributed by atoms with Crippen LogP contribution < -0.4 is 5.32 Å². The molecule has 0 unspecified atom stereocenters. The van der Waals surface area contributed by atoms with Gasteiger partial charge in [-0.25, -0.2) is 9.97 Å². The van der Waals surface area contributed by atoms with Crippen LogP contribution in [-0.4, -0.2) is 15.9 Å². The maximum atomic E-state index is 12.6. The third kappa shape index (κ3) is 3.56. The van der Waals surface area contributed by atoms with Gasteiger partial charge in [-0.15, -0.1) is 0 Å². The maximum Gasteiger partial charge on any atom is 0.258 e. The third-order valence-corrected chi connectivity index (χ3v) is 4.95. The Morgan fingerprint density at radius 3 is 2.71 bits per heavy atom. The monoisotopic (exact) mass is 431 g/mol. The van der Waals surface area contributed by atoms with Gasteiger partial charge in [0, 0.05) is 22.5 Å². The summed E-state index contributed by atoms with van der Waals surface area (Å²) in [6, 6.07) is 12.0. The van der Waals surface area contributed by atoms with Crippen LogP contribution in [0.15, 0.2) is 53.1 Å². The second-order valence-electron chi connectivity index (χ2n) is 6.08. The van der Waals surface area contributed by atoms with Gasteiger partial charge in [-0.2, -0.15) is 0 Å². The Hall–Kier alpha value is -2.60. The smallest absolute Gasteiger partial charge is 0.258 e. The lowest BCUT2D eigenvalue weighted by molar-refractivity contribution is 0.102. The molecule has 5 nitrogen and oxygen atoms in total. The summed E-state index contributed by atoms with van der Waals surface area (Å²) >= 11 is 18.2. The highest BCUT2D eigenvalue weighted by Crippen LogP contribution is 2.33. The molecule has 0 bridgehead atoms. The van der Waals surface area contributed by atoms with E-state index < -0.39 is 0 Å². The second-order valence-corrected chi connectivity index (χ2v) is 7.28. The first-order chi connectivity index (χ1) is 13.4. The molecule has 1 N–H and O–H groups in total. The van der Waals surface area contributed by atoms with Crippen molar-refractivity contribution in [3.05, 3.63) is 75.0 Å². The van der Waals surface area contributed by atoms with Gasteiger partial charge in [-0.1, -0.05) is 40.9 Å². The van der Waals surface area contributed by atoms with E-state index in [1.165, 1.54) is 6.20 Å². The number of aromatic nitrogens is 2. The molecule has 140 valence electrons. The van der Waals surface area contributed by atoms with Crippen molar-refractivity contribution >= 4 is 57.5 Å². The van der Waals surface area contributed by atoms with Gasteiger partial charge in [0.15, 0.2) is 5.58 Å². The number of carbonyl (C=O) groups excluding carboxylic acids is 1. The van der Waals surface area contributed by atoms with Crippen molar-refractivity contribution in [3.63, 3.8) is 0 Å². The minimum absolute atomic E-state index is 0.138. The van der Waals surface area contributed by atoms with Gasteiger partial charge in [-0.3, -0.25) is 4.79 Å². The van der Waals surface area contributed by atoms with Crippen LogP contribution in [-0.2, 0) is 0 Å². The Balaban J connectivity index is 1.71. The Bertz CT molecular complexity index is 1220. The minimum Gasteiger partial charge on any atom is -0.435 e. The molecule has 0 saturated carbocycles. The van der Waals surface area contributed by atoms with E-state index in [1.807, 2.05) is 19.1 Å². The molecular weight excluding hydrogens is 421 g/mol. The number of nitrogens with one attached hydrogen (secondary N) is 1. The van der Waals surface area contributed by atoms with Gasteiger partial charge >= 0.3 is 0 Å². The van der Waals surface area contributed by atoms with Crippen molar-refractivity contribution in [2.24, 2.45) is 0 Å². The number of hydrogen-bond acceptors (Lipinski definition) is 4. The van der Waals surface area contributed by atoms with E-state index in [4.69, 9.17) is 39.2 Å². The van der Waals surface area contributed by atoms with Crippen LogP contribution >= 0.6 is 34.8 Å². The molecule has 4 rings (SSSR count). The Kier molecular flexibility index (Phi) is 4.98. The molecule has 0 spiro atoms. The summed E-state index contributed by atoms with van der Waals surface area (Å²) in [7, 11) is 0. The summed E-state index contributed by atoms with van der Waals surface area (Å²) in [6.45, 7) is 1.88.